The molecule has 0 spiro atoms. The van der Waals surface area contributed by atoms with Crippen LogP contribution in [0.3, 0.4) is 0 Å². The van der Waals surface area contributed by atoms with Crippen molar-refractivity contribution in [1.82, 2.24) is 14.2 Å². The molecule has 0 aliphatic heterocycles. The smallest absolute Gasteiger partial charge is 0.282 e. The Bertz CT molecular complexity index is 1430. The first-order valence-corrected chi connectivity index (χ1v) is 12.3. The molecule has 164 valence electrons. The summed E-state index contributed by atoms with van der Waals surface area (Å²) in [6.07, 6.45) is 1.76. The lowest BCUT2D eigenvalue weighted by molar-refractivity contribution is 0.665. The van der Waals surface area contributed by atoms with Crippen molar-refractivity contribution in [1.29, 1.82) is 0 Å². The van der Waals surface area contributed by atoms with Crippen molar-refractivity contribution >= 4 is 55.6 Å². The fourth-order valence-corrected chi connectivity index (χ4v) is 4.55. The largest absolute Gasteiger partial charge is 0.318 e. The molecule has 2 aromatic carbocycles. The van der Waals surface area contributed by atoms with Crippen LogP contribution < -0.4 is 5.56 Å². The zero-order valence-corrected chi connectivity index (χ0v) is 22.4. The summed E-state index contributed by atoms with van der Waals surface area (Å²) < 4.78 is 5.73. The van der Waals surface area contributed by atoms with Gasteiger partial charge in [-0.2, -0.15) is 9.78 Å². The molecule has 0 N–H and O–H groups in total. The van der Waals surface area contributed by atoms with Crippen molar-refractivity contribution in [2.24, 2.45) is 5.10 Å². The lowest BCUT2D eigenvalue weighted by Crippen LogP contribution is -2.23. The van der Waals surface area contributed by atoms with E-state index in [-0.39, 0.29) is 11.5 Å². The van der Waals surface area contributed by atoms with Crippen molar-refractivity contribution in [2.45, 2.75) is 40.5 Å². The second-order valence-electron chi connectivity index (χ2n) is 8.24. The minimum Gasteiger partial charge on any atom is -0.318 e. The predicted octanol–water partition coefficient (Wildman–Crippen LogP) is 6.49. The molecule has 2 aromatic heterocycles. The third kappa shape index (κ3) is 4.20. The first-order valence-electron chi connectivity index (χ1n) is 10.4. The lowest BCUT2D eigenvalue weighted by atomic mass is 10.2. The molecule has 0 atom stereocenters. The van der Waals surface area contributed by atoms with Gasteiger partial charge >= 0.3 is 0 Å². The Kier molecular flexibility index (Phi) is 6.40. The molecular formula is C25H24BrIN4O. The molecule has 0 bridgehead atoms. The molecule has 0 fully saturated rings. The van der Waals surface area contributed by atoms with Gasteiger partial charge in [0.05, 0.1) is 17.1 Å². The summed E-state index contributed by atoms with van der Waals surface area (Å²) in [6.45, 7) is 10.3. The number of hydrogen-bond donors (Lipinski definition) is 0. The third-order valence-corrected chi connectivity index (χ3v) is 7.24. The summed E-state index contributed by atoms with van der Waals surface area (Å²) in [5.74, 6) is 0.693. The number of benzene rings is 2. The normalized spacial score (nSPS) is 11.9. The van der Waals surface area contributed by atoms with Crippen molar-refractivity contribution in [3.05, 3.63) is 89.2 Å². The monoisotopic (exact) mass is 602 g/mol. The minimum absolute atomic E-state index is 0.0510. The van der Waals surface area contributed by atoms with Gasteiger partial charge in [-0.15, -0.1) is 0 Å². The second-order valence-corrected chi connectivity index (χ2v) is 10.3. The number of aryl methyl sites for hydroxylation is 2. The molecule has 0 amide bonds. The number of hydrogen-bond acceptors (Lipinski definition) is 3. The van der Waals surface area contributed by atoms with E-state index < -0.39 is 0 Å². The Labute approximate surface area is 209 Å². The van der Waals surface area contributed by atoms with Crippen LogP contribution in [0.1, 0.15) is 48.1 Å². The molecule has 7 heteroatoms. The highest BCUT2D eigenvalue weighted by molar-refractivity contribution is 14.1. The molecule has 2 heterocycles. The fraction of sp³-hybridized carbons (Fsp3) is 0.240. The molecule has 0 unspecified atom stereocenters. The molecule has 4 rings (SSSR count). The predicted molar refractivity (Wildman–Crippen MR) is 143 cm³/mol. The number of fused-ring (bicyclic) bond motifs is 1. The highest BCUT2D eigenvalue weighted by atomic mass is 127. The van der Waals surface area contributed by atoms with Crippen LogP contribution in [0, 0.1) is 24.3 Å². The summed E-state index contributed by atoms with van der Waals surface area (Å²) in [5.41, 5.74) is 6.03. The van der Waals surface area contributed by atoms with E-state index in [1.165, 1.54) is 13.8 Å². The van der Waals surface area contributed by atoms with Gasteiger partial charge in [-0.05, 0) is 91.4 Å². The fourth-order valence-electron chi connectivity index (χ4n) is 3.85. The van der Waals surface area contributed by atoms with Crippen molar-refractivity contribution in [3.8, 4) is 5.69 Å². The number of rotatable bonds is 4. The van der Waals surface area contributed by atoms with Crippen molar-refractivity contribution in [3.63, 3.8) is 0 Å². The van der Waals surface area contributed by atoms with E-state index in [9.17, 15) is 4.79 Å². The summed E-state index contributed by atoms with van der Waals surface area (Å²) in [5, 5.41) is 5.15. The van der Waals surface area contributed by atoms with E-state index in [2.05, 4.69) is 93.2 Å². The number of aromatic nitrogens is 3. The zero-order chi connectivity index (χ0) is 23.2. The van der Waals surface area contributed by atoms with Crippen LogP contribution in [0.15, 0.2) is 56.8 Å². The van der Waals surface area contributed by atoms with E-state index >= 15 is 0 Å². The Morgan fingerprint density at radius 1 is 1.09 bits per heavy atom. The molecule has 0 aliphatic rings. The quantitative estimate of drug-likeness (QED) is 0.198. The van der Waals surface area contributed by atoms with Gasteiger partial charge in [0.15, 0.2) is 0 Å². The zero-order valence-electron chi connectivity index (χ0n) is 18.6. The minimum atomic E-state index is -0.168. The Hall–Kier alpha value is -2.26. The first-order chi connectivity index (χ1) is 15.2. The maximum atomic E-state index is 13.3. The van der Waals surface area contributed by atoms with Gasteiger partial charge in [0.2, 0.25) is 0 Å². The topological polar surface area (TPSA) is 52.2 Å². The number of nitrogens with zero attached hydrogens (tertiary/aromatic N) is 4. The SMILES string of the molecule is Cc1cc(-n2c(C)cc(C=Nn3c(C(C)C)nc4ccc(Br)cc4c3=O)c2C)ccc1I. The van der Waals surface area contributed by atoms with Gasteiger partial charge in [0.1, 0.15) is 5.82 Å². The molecule has 0 saturated carbocycles. The van der Waals surface area contributed by atoms with E-state index in [0.717, 1.165) is 27.1 Å². The van der Waals surface area contributed by atoms with Crippen LogP contribution in [-0.2, 0) is 0 Å². The molecule has 4 aromatic rings. The van der Waals surface area contributed by atoms with Crippen LogP contribution in [0.5, 0.6) is 0 Å². The molecule has 0 radical (unpaired) electrons. The summed E-state index contributed by atoms with van der Waals surface area (Å²) >= 11 is 5.80. The first kappa shape index (κ1) is 22.9. The van der Waals surface area contributed by atoms with Gasteiger partial charge in [-0.3, -0.25) is 4.79 Å². The van der Waals surface area contributed by atoms with Gasteiger partial charge < -0.3 is 4.57 Å². The van der Waals surface area contributed by atoms with Crippen molar-refractivity contribution in [2.75, 3.05) is 0 Å². The standard InChI is InChI=1S/C25H24BrIN4O/c1-14(2)24-29-23-9-6-19(26)12-21(23)25(32)31(24)28-13-18-11-16(4)30(17(18)5)20-7-8-22(27)15(3)10-20/h6-14H,1-5H3. The Morgan fingerprint density at radius 2 is 1.84 bits per heavy atom. The summed E-state index contributed by atoms with van der Waals surface area (Å²) in [4.78, 5) is 18.0. The van der Waals surface area contributed by atoms with E-state index in [0.29, 0.717) is 16.7 Å². The van der Waals surface area contributed by atoms with Gasteiger partial charge in [0.25, 0.3) is 5.56 Å². The molecule has 5 nitrogen and oxygen atoms in total. The van der Waals surface area contributed by atoms with Crippen LogP contribution in [-0.4, -0.2) is 20.4 Å². The second kappa shape index (κ2) is 8.94. The highest BCUT2D eigenvalue weighted by Crippen LogP contribution is 2.23. The van der Waals surface area contributed by atoms with Crippen molar-refractivity contribution < 1.29 is 0 Å². The maximum absolute atomic E-state index is 13.3. The van der Waals surface area contributed by atoms with Gasteiger partial charge in [0, 0.05) is 36.6 Å². The summed E-state index contributed by atoms with van der Waals surface area (Å²) in [7, 11) is 0. The van der Waals surface area contributed by atoms with Gasteiger partial charge in [-0.1, -0.05) is 29.8 Å². The van der Waals surface area contributed by atoms with E-state index in [1.807, 2.05) is 26.0 Å². The van der Waals surface area contributed by atoms with Gasteiger partial charge in [-0.25, -0.2) is 4.98 Å². The average Bonchev–Trinajstić information content (AvgIpc) is 3.02. The average molecular weight is 603 g/mol. The highest BCUT2D eigenvalue weighted by Gasteiger charge is 2.15. The molecular weight excluding hydrogens is 579 g/mol. The van der Waals surface area contributed by atoms with Crippen LogP contribution in [0.2, 0.25) is 0 Å². The van der Waals surface area contributed by atoms with Crippen LogP contribution in [0.25, 0.3) is 16.6 Å². The molecule has 32 heavy (non-hydrogen) atoms. The number of halogens is 2. The molecule has 0 aliphatic carbocycles. The van der Waals surface area contributed by atoms with E-state index in [4.69, 9.17) is 4.98 Å². The van der Waals surface area contributed by atoms with E-state index in [1.54, 1.807) is 12.3 Å². The molecule has 0 saturated heterocycles. The lowest BCUT2D eigenvalue weighted by Gasteiger charge is -2.12. The van der Waals surface area contributed by atoms with Crippen LogP contribution in [0.4, 0.5) is 0 Å². The van der Waals surface area contributed by atoms with Crippen LogP contribution >= 0.6 is 38.5 Å². The Morgan fingerprint density at radius 3 is 2.53 bits per heavy atom. The maximum Gasteiger partial charge on any atom is 0.282 e. The third-order valence-electron chi connectivity index (χ3n) is 5.53. The summed E-state index contributed by atoms with van der Waals surface area (Å²) in [6, 6.07) is 14.1. The Balaban J connectivity index is 1.83.